The van der Waals surface area contributed by atoms with Gasteiger partial charge < -0.3 is 25.1 Å². The van der Waals surface area contributed by atoms with Gasteiger partial charge in [-0.3, -0.25) is 0 Å². The predicted octanol–water partition coefficient (Wildman–Crippen LogP) is 1.70. The van der Waals surface area contributed by atoms with Gasteiger partial charge >= 0.3 is 18.0 Å². The van der Waals surface area contributed by atoms with Crippen LogP contribution in [0.15, 0.2) is 24.3 Å². The van der Waals surface area contributed by atoms with Crippen LogP contribution in [0.25, 0.3) is 0 Å². The zero-order valence-electron chi connectivity index (χ0n) is 17.1. The van der Waals surface area contributed by atoms with E-state index in [-0.39, 0.29) is 11.3 Å². The first-order valence-corrected chi connectivity index (χ1v) is 9.12. The maximum Gasteiger partial charge on any atom is 0.409 e. The number of esters is 1. The number of nitrogens with one attached hydrogen (secondary N) is 2. The third-order valence-corrected chi connectivity index (χ3v) is 4.07. The highest BCUT2D eigenvalue weighted by Crippen LogP contribution is 2.27. The zero-order valence-corrected chi connectivity index (χ0v) is 17.1. The topological polar surface area (TPSA) is 150 Å². The van der Waals surface area contributed by atoms with Gasteiger partial charge in [0.15, 0.2) is 5.69 Å². The van der Waals surface area contributed by atoms with E-state index in [1.807, 2.05) is 0 Å². The number of hydrogen-bond donors (Lipinski definition) is 4. The Balaban J connectivity index is 3.21. The van der Waals surface area contributed by atoms with Gasteiger partial charge in [0, 0.05) is 6.07 Å². The molecule has 0 heterocycles. The van der Waals surface area contributed by atoms with Gasteiger partial charge in [-0.2, -0.15) is 5.23 Å². The highest BCUT2D eigenvalue weighted by Gasteiger charge is 2.35. The summed E-state index contributed by atoms with van der Waals surface area (Å²) in [4.78, 5) is 36.4. The van der Waals surface area contributed by atoms with Crippen LogP contribution in [0.1, 0.15) is 52.7 Å². The summed E-state index contributed by atoms with van der Waals surface area (Å²) in [7, 11) is 0. The maximum absolute atomic E-state index is 12.6. The normalized spacial score (nSPS) is 15.6. The van der Waals surface area contributed by atoms with E-state index in [2.05, 4.69) is 5.32 Å². The quantitative estimate of drug-likeness (QED) is 0.372. The smallest absolute Gasteiger partial charge is 0.409 e. The van der Waals surface area contributed by atoms with Crippen molar-refractivity contribution in [2.75, 3.05) is 0 Å². The molecule has 0 radical (unpaired) electrons. The average molecular weight is 412 g/mol. The first-order valence-electron chi connectivity index (χ1n) is 9.12. The summed E-state index contributed by atoms with van der Waals surface area (Å²) in [6.45, 7) is 8.22. The molecule has 0 saturated heterocycles. The molecule has 10 heteroatoms. The minimum Gasteiger partial charge on any atom is -0.595 e. The van der Waals surface area contributed by atoms with Gasteiger partial charge in [-0.05, 0) is 32.8 Å². The summed E-state index contributed by atoms with van der Waals surface area (Å²) in [6, 6.07) is 4.30. The van der Waals surface area contributed by atoms with Crippen LogP contribution in [0.4, 0.5) is 10.5 Å². The van der Waals surface area contributed by atoms with Crippen molar-refractivity contribution in [1.29, 1.82) is 0 Å². The minimum absolute atomic E-state index is 0.0835. The third-order valence-electron chi connectivity index (χ3n) is 4.07. The van der Waals surface area contributed by atoms with Gasteiger partial charge in [0.05, 0.1) is 5.56 Å². The highest BCUT2D eigenvalue weighted by atomic mass is 16.8. The Labute approximate surface area is 168 Å². The summed E-state index contributed by atoms with van der Waals surface area (Å²) in [5.74, 6) is -2.63. The lowest BCUT2D eigenvalue weighted by Crippen LogP contribution is -2.99. The Morgan fingerprint density at radius 3 is 2.31 bits per heavy atom. The fourth-order valence-corrected chi connectivity index (χ4v) is 2.47. The Hall–Kier alpha value is -2.69. The first kappa shape index (κ1) is 24.3. The van der Waals surface area contributed by atoms with Gasteiger partial charge in [-0.15, -0.1) is 0 Å². The lowest BCUT2D eigenvalue weighted by molar-refractivity contribution is -0.991. The number of para-hydroxylation sites is 1. The van der Waals surface area contributed by atoms with E-state index in [9.17, 15) is 29.9 Å². The number of alkyl carbamates (subject to hydrolysis) is 1. The van der Waals surface area contributed by atoms with E-state index in [1.54, 1.807) is 34.6 Å². The van der Waals surface area contributed by atoms with Gasteiger partial charge in [0.25, 0.3) is 0 Å². The molecule has 0 spiro atoms. The Kier molecular flexibility index (Phi) is 8.56. The SMILES string of the molecule is CC[C@@H](C)[C@@H](NC(=O)OC(C(=O)OC(C)(C)C)c1ccccc1[NH+]([O-])O)C(=O)O. The van der Waals surface area contributed by atoms with Gasteiger partial charge in [-0.25, -0.2) is 19.6 Å². The number of rotatable bonds is 8. The van der Waals surface area contributed by atoms with Gasteiger partial charge in [-0.1, -0.05) is 32.4 Å². The Morgan fingerprint density at radius 1 is 1.24 bits per heavy atom. The van der Waals surface area contributed by atoms with Crippen molar-refractivity contribution in [3.63, 3.8) is 0 Å². The van der Waals surface area contributed by atoms with Crippen molar-refractivity contribution in [1.82, 2.24) is 5.32 Å². The van der Waals surface area contributed by atoms with Crippen LogP contribution < -0.4 is 10.5 Å². The van der Waals surface area contributed by atoms with Gasteiger partial charge in [0.2, 0.25) is 6.10 Å². The third kappa shape index (κ3) is 7.33. The molecule has 2 unspecified atom stereocenters. The Morgan fingerprint density at radius 2 is 1.83 bits per heavy atom. The summed E-state index contributed by atoms with van der Waals surface area (Å²) in [5.41, 5.74) is -1.25. The Bertz CT molecular complexity index is 729. The molecular weight excluding hydrogens is 384 g/mol. The molecule has 0 aliphatic heterocycles. The van der Waals surface area contributed by atoms with Crippen LogP contribution in [0, 0.1) is 11.1 Å². The van der Waals surface area contributed by atoms with E-state index < -0.39 is 46.9 Å². The van der Waals surface area contributed by atoms with Gasteiger partial charge in [0.1, 0.15) is 11.6 Å². The molecule has 0 saturated carbocycles. The number of benzene rings is 1. The zero-order chi connectivity index (χ0) is 22.4. The molecular formula is C19H28N2O8. The van der Waals surface area contributed by atoms with E-state index in [1.165, 1.54) is 24.3 Å². The van der Waals surface area contributed by atoms with Crippen LogP contribution in [0.5, 0.6) is 0 Å². The summed E-state index contributed by atoms with van der Waals surface area (Å²) >= 11 is 0. The van der Waals surface area contributed by atoms with E-state index in [4.69, 9.17) is 9.47 Å². The summed E-state index contributed by atoms with van der Waals surface area (Å²) < 4.78 is 10.4. The maximum atomic E-state index is 12.6. The summed E-state index contributed by atoms with van der Waals surface area (Å²) in [6.07, 6.45) is -2.38. The largest absolute Gasteiger partial charge is 0.595 e. The van der Waals surface area contributed by atoms with Crippen LogP contribution in [0.3, 0.4) is 0 Å². The number of hydrogen-bond acceptors (Lipinski definition) is 7. The van der Waals surface area contributed by atoms with E-state index in [0.29, 0.717) is 6.42 Å². The number of carboxylic acids is 1. The molecule has 1 aromatic rings. The molecule has 1 aromatic carbocycles. The molecule has 29 heavy (non-hydrogen) atoms. The molecule has 162 valence electrons. The summed E-state index contributed by atoms with van der Waals surface area (Å²) in [5, 5.41) is 31.1. The lowest BCUT2D eigenvalue weighted by Gasteiger charge is -2.26. The predicted molar refractivity (Wildman–Crippen MR) is 101 cm³/mol. The molecule has 0 aromatic heterocycles. The van der Waals surface area contributed by atoms with Crippen LogP contribution in [0.2, 0.25) is 0 Å². The van der Waals surface area contributed by atoms with Crippen LogP contribution >= 0.6 is 0 Å². The fourth-order valence-electron chi connectivity index (χ4n) is 2.47. The number of carbonyl (C=O) groups is 3. The monoisotopic (exact) mass is 412 g/mol. The molecule has 0 bridgehead atoms. The number of ether oxygens (including phenoxy) is 2. The van der Waals surface area contributed by atoms with Crippen molar-refractivity contribution in [3.05, 3.63) is 35.0 Å². The van der Waals surface area contributed by atoms with Crippen molar-refractivity contribution in [2.24, 2.45) is 5.92 Å². The molecule has 1 rings (SSSR count). The molecule has 4 N–H and O–H groups in total. The number of carbonyl (C=O) groups excluding carboxylic acids is 2. The highest BCUT2D eigenvalue weighted by molar-refractivity contribution is 5.84. The van der Waals surface area contributed by atoms with Crippen LogP contribution in [-0.2, 0) is 19.1 Å². The molecule has 0 fully saturated rings. The number of aliphatic carboxylic acids is 1. The molecule has 10 nitrogen and oxygen atoms in total. The van der Waals surface area contributed by atoms with Crippen molar-refractivity contribution in [2.45, 2.75) is 58.8 Å². The van der Waals surface area contributed by atoms with E-state index >= 15 is 0 Å². The number of amides is 1. The lowest BCUT2D eigenvalue weighted by atomic mass is 10.00. The minimum atomic E-state index is -1.69. The molecule has 4 atom stereocenters. The second-order valence-corrected chi connectivity index (χ2v) is 7.56. The molecule has 0 aliphatic carbocycles. The number of quaternary nitrogens is 1. The number of carboxylic acid groups (broad SMARTS) is 1. The standard InChI is InChI=1S/C19H28N2O8/c1-6-11(2)14(16(22)23)20-18(25)28-15(17(24)29-19(3,4)5)12-9-7-8-10-13(12)21(26)27/h7-11,14-15,21,26H,6H2,1-5H3,(H,20,25)(H,22,23)/t11-,14-,15?/m1/s1. The second-order valence-electron chi connectivity index (χ2n) is 7.56. The molecule has 0 aliphatic rings. The van der Waals surface area contributed by atoms with Crippen molar-refractivity contribution >= 4 is 23.7 Å². The fraction of sp³-hybridized carbons (Fsp3) is 0.526. The second kappa shape index (κ2) is 10.2. The molecule has 1 amide bonds. The van der Waals surface area contributed by atoms with E-state index in [0.717, 1.165) is 0 Å². The average Bonchev–Trinajstić information content (AvgIpc) is 2.61. The first-order chi connectivity index (χ1) is 13.4. The van der Waals surface area contributed by atoms with Crippen molar-refractivity contribution in [3.8, 4) is 0 Å². The van der Waals surface area contributed by atoms with Crippen molar-refractivity contribution < 1.29 is 39.4 Å². The van der Waals surface area contributed by atoms with Crippen LogP contribution in [-0.4, -0.2) is 40.0 Å².